The van der Waals surface area contributed by atoms with E-state index in [1.807, 2.05) is 31.3 Å². The number of nitrogens with one attached hydrogen (secondary N) is 2. The molecule has 17 heavy (non-hydrogen) atoms. The molecule has 94 valence electrons. The summed E-state index contributed by atoms with van der Waals surface area (Å²) >= 11 is 0. The highest BCUT2D eigenvalue weighted by atomic mass is 19.1. The maximum absolute atomic E-state index is 15.0. The lowest BCUT2D eigenvalue weighted by Crippen LogP contribution is -2.37. The predicted octanol–water partition coefficient (Wildman–Crippen LogP) is 2.52. The Labute approximate surface area is 103 Å². The largest absolute Gasteiger partial charge is 0.316 e. The number of hydrogen-bond donors (Lipinski definition) is 2. The van der Waals surface area contributed by atoms with Gasteiger partial charge in [0.25, 0.3) is 0 Å². The molecule has 2 N–H and O–H groups in total. The summed E-state index contributed by atoms with van der Waals surface area (Å²) < 4.78 is 15.0. The van der Waals surface area contributed by atoms with Crippen LogP contribution in [0.3, 0.4) is 0 Å². The molecule has 1 aliphatic rings. The van der Waals surface area contributed by atoms with Crippen LogP contribution >= 0.6 is 0 Å². The van der Waals surface area contributed by atoms with E-state index < -0.39 is 5.67 Å². The summed E-state index contributed by atoms with van der Waals surface area (Å²) in [6, 6.07) is 8.07. The fraction of sp³-hybridized carbons (Fsp3) is 0.571. The Balaban J connectivity index is 2.36. The highest BCUT2D eigenvalue weighted by molar-refractivity contribution is 5.35. The molecule has 1 atom stereocenters. The van der Waals surface area contributed by atoms with Crippen LogP contribution in [0, 0.1) is 0 Å². The fourth-order valence-corrected chi connectivity index (χ4v) is 2.53. The first kappa shape index (κ1) is 12.5. The monoisotopic (exact) mass is 236 g/mol. The normalized spacial score (nSPS) is 21.1. The van der Waals surface area contributed by atoms with Crippen molar-refractivity contribution in [3.63, 3.8) is 0 Å². The Morgan fingerprint density at radius 2 is 1.94 bits per heavy atom. The summed E-state index contributed by atoms with van der Waals surface area (Å²) in [5.41, 5.74) is 0.787. The second-order valence-corrected chi connectivity index (χ2v) is 4.81. The van der Waals surface area contributed by atoms with Crippen LogP contribution in [0.15, 0.2) is 24.3 Å². The molecular formula is C14H21FN2. The van der Waals surface area contributed by atoms with Crippen LogP contribution in [-0.2, 0) is 5.67 Å². The Morgan fingerprint density at radius 3 is 2.59 bits per heavy atom. The van der Waals surface area contributed by atoms with E-state index in [-0.39, 0.29) is 6.04 Å². The number of hydrogen-bond acceptors (Lipinski definition) is 2. The van der Waals surface area contributed by atoms with Crippen molar-refractivity contribution in [2.24, 2.45) is 0 Å². The highest BCUT2D eigenvalue weighted by Crippen LogP contribution is 2.38. The molecule has 0 saturated carbocycles. The lowest BCUT2D eigenvalue weighted by Gasteiger charge is -2.33. The van der Waals surface area contributed by atoms with E-state index in [1.54, 1.807) is 0 Å². The molecule has 0 spiro atoms. The molecule has 0 aromatic heterocycles. The highest BCUT2D eigenvalue weighted by Gasteiger charge is 2.35. The summed E-state index contributed by atoms with van der Waals surface area (Å²) in [5, 5.41) is 6.41. The second kappa shape index (κ2) is 5.15. The van der Waals surface area contributed by atoms with Gasteiger partial charge in [0.1, 0.15) is 5.67 Å². The summed E-state index contributed by atoms with van der Waals surface area (Å²) in [6.07, 6.45) is 1.14. The molecule has 1 fully saturated rings. The SMILES string of the molecule is CNC(C)c1ccccc1C1(F)CCNCC1. The molecule has 0 aliphatic carbocycles. The number of piperidine rings is 1. The zero-order chi connectivity index (χ0) is 12.3. The van der Waals surface area contributed by atoms with Gasteiger partial charge in [-0.15, -0.1) is 0 Å². The van der Waals surface area contributed by atoms with Gasteiger partial charge in [-0.2, -0.15) is 0 Å². The smallest absolute Gasteiger partial charge is 0.138 e. The van der Waals surface area contributed by atoms with E-state index in [4.69, 9.17) is 0 Å². The van der Waals surface area contributed by atoms with Crippen molar-refractivity contribution in [1.29, 1.82) is 0 Å². The maximum Gasteiger partial charge on any atom is 0.138 e. The van der Waals surface area contributed by atoms with Gasteiger partial charge in [-0.25, -0.2) is 4.39 Å². The second-order valence-electron chi connectivity index (χ2n) is 4.81. The van der Waals surface area contributed by atoms with Crippen molar-refractivity contribution in [3.8, 4) is 0 Å². The standard InChI is InChI=1S/C14H21FN2/c1-11(16-2)12-5-3-4-6-13(12)14(15)7-9-17-10-8-14/h3-6,11,16-17H,7-10H2,1-2H3. The summed E-state index contributed by atoms with van der Waals surface area (Å²) in [4.78, 5) is 0. The van der Waals surface area contributed by atoms with Crippen LogP contribution in [0.1, 0.15) is 36.9 Å². The van der Waals surface area contributed by atoms with E-state index >= 15 is 0 Å². The van der Waals surface area contributed by atoms with Crippen LogP contribution in [0.4, 0.5) is 4.39 Å². The van der Waals surface area contributed by atoms with Gasteiger partial charge in [0.2, 0.25) is 0 Å². The van der Waals surface area contributed by atoms with Crippen molar-refractivity contribution in [2.75, 3.05) is 20.1 Å². The Kier molecular flexibility index (Phi) is 3.79. The molecule has 1 aromatic rings. The molecule has 1 unspecified atom stereocenters. The number of benzene rings is 1. The van der Waals surface area contributed by atoms with Gasteiger partial charge in [-0.1, -0.05) is 24.3 Å². The Hall–Kier alpha value is -0.930. The Morgan fingerprint density at radius 1 is 1.29 bits per heavy atom. The topological polar surface area (TPSA) is 24.1 Å². The van der Waals surface area contributed by atoms with Crippen LogP contribution in [-0.4, -0.2) is 20.1 Å². The third-order valence-corrected chi connectivity index (χ3v) is 3.74. The molecule has 1 heterocycles. The lowest BCUT2D eigenvalue weighted by atomic mass is 9.82. The first-order valence-corrected chi connectivity index (χ1v) is 6.34. The summed E-state index contributed by atoms with van der Waals surface area (Å²) in [7, 11) is 1.91. The first-order valence-electron chi connectivity index (χ1n) is 6.34. The van der Waals surface area contributed by atoms with Gasteiger partial charge in [0.15, 0.2) is 0 Å². The van der Waals surface area contributed by atoms with Crippen molar-refractivity contribution < 1.29 is 4.39 Å². The maximum atomic E-state index is 15.0. The molecule has 1 saturated heterocycles. The average Bonchev–Trinajstić information content (AvgIpc) is 2.39. The van der Waals surface area contributed by atoms with Crippen molar-refractivity contribution in [3.05, 3.63) is 35.4 Å². The first-order chi connectivity index (χ1) is 8.17. The van der Waals surface area contributed by atoms with Crippen LogP contribution in [0.2, 0.25) is 0 Å². The third kappa shape index (κ3) is 2.50. The van der Waals surface area contributed by atoms with Crippen LogP contribution in [0.5, 0.6) is 0 Å². The Bertz CT molecular complexity index is 372. The van der Waals surface area contributed by atoms with E-state index in [2.05, 4.69) is 17.6 Å². The zero-order valence-electron chi connectivity index (χ0n) is 10.6. The van der Waals surface area contributed by atoms with E-state index in [1.165, 1.54) is 0 Å². The summed E-state index contributed by atoms with van der Waals surface area (Å²) in [5.74, 6) is 0. The van der Waals surface area contributed by atoms with E-state index in [0.717, 1.165) is 24.2 Å². The molecule has 1 aromatic carbocycles. The average molecular weight is 236 g/mol. The van der Waals surface area contributed by atoms with Gasteiger partial charge in [-0.3, -0.25) is 0 Å². The minimum atomic E-state index is -1.16. The van der Waals surface area contributed by atoms with Gasteiger partial charge >= 0.3 is 0 Å². The molecule has 2 nitrogen and oxygen atoms in total. The minimum Gasteiger partial charge on any atom is -0.316 e. The van der Waals surface area contributed by atoms with E-state index in [9.17, 15) is 4.39 Å². The molecule has 3 heteroatoms. The molecule has 0 amide bonds. The van der Waals surface area contributed by atoms with Crippen molar-refractivity contribution in [1.82, 2.24) is 10.6 Å². The number of alkyl halides is 1. The van der Waals surface area contributed by atoms with Gasteiger partial charge in [0, 0.05) is 6.04 Å². The molecule has 0 radical (unpaired) electrons. The van der Waals surface area contributed by atoms with Crippen molar-refractivity contribution in [2.45, 2.75) is 31.5 Å². The van der Waals surface area contributed by atoms with Gasteiger partial charge < -0.3 is 10.6 Å². The van der Waals surface area contributed by atoms with Gasteiger partial charge in [-0.05, 0) is 51.0 Å². The molecule has 1 aliphatic heterocycles. The van der Waals surface area contributed by atoms with Crippen molar-refractivity contribution >= 4 is 0 Å². The number of rotatable bonds is 3. The molecule has 0 bridgehead atoms. The van der Waals surface area contributed by atoms with Gasteiger partial charge in [0.05, 0.1) is 0 Å². The van der Waals surface area contributed by atoms with E-state index in [0.29, 0.717) is 12.8 Å². The zero-order valence-corrected chi connectivity index (χ0v) is 10.6. The third-order valence-electron chi connectivity index (χ3n) is 3.74. The number of halogens is 1. The van der Waals surface area contributed by atoms with Crippen LogP contribution < -0.4 is 10.6 Å². The fourth-order valence-electron chi connectivity index (χ4n) is 2.53. The predicted molar refractivity (Wildman–Crippen MR) is 68.8 cm³/mol. The lowest BCUT2D eigenvalue weighted by molar-refractivity contribution is 0.113. The molecule has 2 rings (SSSR count). The summed E-state index contributed by atoms with van der Waals surface area (Å²) in [6.45, 7) is 3.60. The molecular weight excluding hydrogens is 215 g/mol. The quantitative estimate of drug-likeness (QED) is 0.842. The van der Waals surface area contributed by atoms with Crippen LogP contribution in [0.25, 0.3) is 0 Å². The minimum absolute atomic E-state index is 0.189.